The molecule has 0 aromatic carbocycles. The minimum absolute atomic E-state index is 0.0233. The lowest BCUT2D eigenvalue weighted by molar-refractivity contribution is -0.150. The van der Waals surface area contributed by atoms with Crippen molar-refractivity contribution in [2.45, 2.75) is 19.3 Å². The van der Waals surface area contributed by atoms with E-state index in [1.807, 2.05) is 0 Å². The van der Waals surface area contributed by atoms with Gasteiger partial charge in [0.1, 0.15) is 5.41 Å². The van der Waals surface area contributed by atoms with E-state index in [-0.39, 0.29) is 24.3 Å². The number of hydrogen-bond donors (Lipinski definition) is 1. The van der Waals surface area contributed by atoms with E-state index >= 15 is 0 Å². The van der Waals surface area contributed by atoms with Gasteiger partial charge in [-0.25, -0.2) is 0 Å². The number of carbonyl (C=O) groups is 2. The summed E-state index contributed by atoms with van der Waals surface area (Å²) in [5.41, 5.74) is -0.836. The summed E-state index contributed by atoms with van der Waals surface area (Å²) in [6, 6.07) is 0. The van der Waals surface area contributed by atoms with Gasteiger partial charge in [0, 0.05) is 24.9 Å². The molecular weight excluding hydrogens is 246 g/mol. The fourth-order valence-corrected chi connectivity index (χ4v) is 4.38. The number of hydrogen-bond acceptors (Lipinski definition) is 3. The van der Waals surface area contributed by atoms with E-state index in [9.17, 15) is 14.7 Å². The molecule has 1 unspecified atom stereocenters. The van der Waals surface area contributed by atoms with Gasteiger partial charge in [0.2, 0.25) is 5.91 Å². The predicted octanol–water partition coefficient (Wildman–Crippen LogP) is 0.592. The SMILES string of the molecule is O=C(C1C[C@@H]2C[C@@H]2C1)N1C[C@@H]2COC[C@]2(C(=O)O)C1. The monoisotopic (exact) mass is 265 g/mol. The predicted molar refractivity (Wildman–Crippen MR) is 65.3 cm³/mol. The van der Waals surface area contributed by atoms with Crippen molar-refractivity contribution in [3.05, 3.63) is 0 Å². The summed E-state index contributed by atoms with van der Waals surface area (Å²) in [6.45, 7) is 1.65. The maximum atomic E-state index is 12.5. The average molecular weight is 265 g/mol. The number of fused-ring (bicyclic) bond motifs is 2. The zero-order chi connectivity index (χ0) is 13.2. The first-order valence-corrected chi connectivity index (χ1v) is 7.20. The molecule has 5 nitrogen and oxygen atoms in total. The highest BCUT2D eigenvalue weighted by Gasteiger charge is 2.58. The van der Waals surface area contributed by atoms with Crippen molar-refractivity contribution in [2.75, 3.05) is 26.3 Å². The maximum Gasteiger partial charge on any atom is 0.314 e. The molecule has 0 aromatic rings. The summed E-state index contributed by atoms with van der Waals surface area (Å²) in [7, 11) is 0. The molecule has 0 spiro atoms. The summed E-state index contributed by atoms with van der Waals surface area (Å²) in [5.74, 6) is 1.10. The van der Waals surface area contributed by atoms with Gasteiger partial charge < -0.3 is 14.7 Å². The normalized spacial score (nSPS) is 47.1. The highest BCUT2D eigenvalue weighted by molar-refractivity contribution is 5.83. The van der Waals surface area contributed by atoms with Crippen LogP contribution in [-0.2, 0) is 14.3 Å². The zero-order valence-corrected chi connectivity index (χ0v) is 10.9. The van der Waals surface area contributed by atoms with E-state index in [0.717, 1.165) is 24.7 Å². The van der Waals surface area contributed by atoms with E-state index in [2.05, 4.69) is 0 Å². The third-order valence-electron chi connectivity index (χ3n) is 5.70. The second-order valence-corrected chi connectivity index (χ2v) is 6.82. The first-order valence-electron chi connectivity index (χ1n) is 7.20. The highest BCUT2D eigenvalue weighted by atomic mass is 16.5. The van der Waals surface area contributed by atoms with Crippen LogP contribution in [0.1, 0.15) is 19.3 Å². The number of ether oxygens (including phenoxy) is 1. The average Bonchev–Trinajstić information content (AvgIpc) is 2.80. The summed E-state index contributed by atoms with van der Waals surface area (Å²) in [4.78, 5) is 25.8. The van der Waals surface area contributed by atoms with Gasteiger partial charge in [-0.3, -0.25) is 9.59 Å². The fraction of sp³-hybridized carbons (Fsp3) is 0.857. The minimum atomic E-state index is -0.836. The molecule has 0 bridgehead atoms. The number of carbonyl (C=O) groups excluding carboxylic acids is 1. The zero-order valence-electron chi connectivity index (χ0n) is 10.9. The van der Waals surface area contributed by atoms with Crippen LogP contribution in [-0.4, -0.2) is 48.2 Å². The van der Waals surface area contributed by atoms with Crippen molar-refractivity contribution in [3.63, 3.8) is 0 Å². The molecule has 4 fully saturated rings. The van der Waals surface area contributed by atoms with Crippen LogP contribution < -0.4 is 0 Å². The van der Waals surface area contributed by atoms with Gasteiger partial charge in [-0.1, -0.05) is 0 Å². The summed E-state index contributed by atoms with van der Waals surface area (Å²) < 4.78 is 5.34. The smallest absolute Gasteiger partial charge is 0.314 e. The van der Waals surface area contributed by atoms with Crippen LogP contribution in [0.2, 0.25) is 0 Å². The third-order valence-corrected chi connectivity index (χ3v) is 5.70. The van der Waals surface area contributed by atoms with Crippen molar-refractivity contribution in [2.24, 2.45) is 29.1 Å². The number of rotatable bonds is 2. The van der Waals surface area contributed by atoms with Crippen molar-refractivity contribution >= 4 is 11.9 Å². The molecule has 2 heterocycles. The number of likely N-dealkylation sites (tertiary alicyclic amines) is 1. The number of nitrogens with zero attached hydrogens (tertiary/aromatic N) is 1. The molecule has 2 saturated carbocycles. The largest absolute Gasteiger partial charge is 0.481 e. The molecule has 2 aliphatic heterocycles. The Morgan fingerprint density at radius 2 is 1.95 bits per heavy atom. The number of carboxylic acids is 1. The van der Waals surface area contributed by atoms with E-state index in [1.54, 1.807) is 4.90 Å². The first-order chi connectivity index (χ1) is 9.10. The molecule has 19 heavy (non-hydrogen) atoms. The van der Waals surface area contributed by atoms with Crippen molar-refractivity contribution < 1.29 is 19.4 Å². The highest BCUT2D eigenvalue weighted by Crippen LogP contribution is 2.55. The van der Waals surface area contributed by atoms with Crippen LogP contribution in [0.25, 0.3) is 0 Å². The Morgan fingerprint density at radius 3 is 2.58 bits per heavy atom. The Balaban J connectivity index is 1.49. The molecule has 2 saturated heterocycles. The lowest BCUT2D eigenvalue weighted by atomic mass is 9.81. The molecule has 1 amide bonds. The maximum absolute atomic E-state index is 12.5. The molecular formula is C14H19NO4. The van der Waals surface area contributed by atoms with Gasteiger partial charge >= 0.3 is 5.97 Å². The van der Waals surface area contributed by atoms with Crippen LogP contribution in [0, 0.1) is 29.1 Å². The standard InChI is InChI=1S/C14H19NO4/c16-12(10-2-8-1-9(8)3-10)15-4-11-5-19-7-14(11,6-15)13(17)18/h8-11H,1-7H2,(H,17,18)/t8-,9+,10?,11-,14-/m1/s1. The van der Waals surface area contributed by atoms with E-state index < -0.39 is 11.4 Å². The van der Waals surface area contributed by atoms with Gasteiger partial charge in [-0.2, -0.15) is 0 Å². The quantitative estimate of drug-likeness (QED) is 0.793. The fourth-order valence-electron chi connectivity index (χ4n) is 4.38. The topological polar surface area (TPSA) is 66.8 Å². The van der Waals surface area contributed by atoms with E-state index in [0.29, 0.717) is 19.7 Å². The molecule has 1 N–H and O–H groups in total. The summed E-state index contributed by atoms with van der Waals surface area (Å²) in [6.07, 6.45) is 3.36. The van der Waals surface area contributed by atoms with E-state index in [1.165, 1.54) is 6.42 Å². The first kappa shape index (κ1) is 11.7. The van der Waals surface area contributed by atoms with Crippen molar-refractivity contribution in [1.29, 1.82) is 0 Å². The molecule has 5 heteroatoms. The minimum Gasteiger partial charge on any atom is -0.481 e. The van der Waals surface area contributed by atoms with Crippen LogP contribution in [0.4, 0.5) is 0 Å². The lowest BCUT2D eigenvalue weighted by Crippen LogP contribution is -2.41. The van der Waals surface area contributed by atoms with Gasteiger partial charge in [0.05, 0.1) is 13.2 Å². The number of amides is 1. The molecule has 4 rings (SSSR count). The molecule has 104 valence electrons. The van der Waals surface area contributed by atoms with Crippen LogP contribution in [0.5, 0.6) is 0 Å². The lowest BCUT2D eigenvalue weighted by Gasteiger charge is -2.24. The van der Waals surface area contributed by atoms with Gasteiger partial charge in [-0.05, 0) is 31.1 Å². The van der Waals surface area contributed by atoms with Crippen LogP contribution in [0.3, 0.4) is 0 Å². The summed E-state index contributed by atoms with van der Waals surface area (Å²) in [5, 5.41) is 9.47. The Bertz CT molecular complexity index is 441. The van der Waals surface area contributed by atoms with Crippen LogP contribution >= 0.6 is 0 Å². The summed E-state index contributed by atoms with van der Waals surface area (Å²) >= 11 is 0. The second kappa shape index (κ2) is 3.72. The number of carboxylic acid groups (broad SMARTS) is 1. The van der Waals surface area contributed by atoms with Gasteiger partial charge in [0.15, 0.2) is 0 Å². The van der Waals surface area contributed by atoms with Gasteiger partial charge in [0.25, 0.3) is 0 Å². The Hall–Kier alpha value is -1.10. The molecule has 0 aromatic heterocycles. The second-order valence-electron chi connectivity index (χ2n) is 6.82. The van der Waals surface area contributed by atoms with Gasteiger partial charge in [-0.15, -0.1) is 0 Å². The van der Waals surface area contributed by atoms with Crippen molar-refractivity contribution in [3.8, 4) is 0 Å². The third kappa shape index (κ3) is 1.57. The van der Waals surface area contributed by atoms with Crippen molar-refractivity contribution in [1.82, 2.24) is 4.90 Å². The molecule has 2 aliphatic carbocycles. The van der Waals surface area contributed by atoms with E-state index in [4.69, 9.17) is 4.74 Å². The Kier molecular flexibility index (Phi) is 2.29. The molecule has 5 atom stereocenters. The molecule has 0 radical (unpaired) electrons. The number of aliphatic carboxylic acids is 1. The Labute approximate surface area is 111 Å². The molecule has 4 aliphatic rings. The Morgan fingerprint density at radius 1 is 1.21 bits per heavy atom. The van der Waals surface area contributed by atoms with Crippen LogP contribution in [0.15, 0.2) is 0 Å².